The van der Waals surface area contributed by atoms with Gasteiger partial charge in [0.05, 0.1) is 11.4 Å². The Bertz CT molecular complexity index is 1720. The fourth-order valence-corrected chi connectivity index (χ4v) is 6.13. The van der Waals surface area contributed by atoms with Crippen molar-refractivity contribution in [2.45, 2.75) is 19.5 Å². The standard InChI is InChI=1S/C35H29N5S/c1-26-18-22-31(23-19-26)38-34(41)37(30-16-10-5-11-17-30)35(29-14-8-4-9-15-29)33(28-12-6-3-7-13-28)36-39(40(35)38)32-24-20-27(2)21-25-32/h3-25H,1-2H3. The molecule has 0 aromatic heterocycles. The Morgan fingerprint density at radius 2 is 1.07 bits per heavy atom. The van der Waals surface area contributed by atoms with Crippen molar-refractivity contribution in [3.8, 4) is 0 Å². The molecule has 0 spiro atoms. The molecule has 5 aromatic carbocycles. The van der Waals surface area contributed by atoms with Crippen LogP contribution in [-0.2, 0) is 5.66 Å². The van der Waals surface area contributed by atoms with Gasteiger partial charge in [0.2, 0.25) is 5.66 Å². The van der Waals surface area contributed by atoms with Gasteiger partial charge in [-0.05, 0) is 62.5 Å². The average Bonchev–Trinajstić information content (AvgIpc) is 3.49. The van der Waals surface area contributed by atoms with Gasteiger partial charge in [-0.2, -0.15) is 10.2 Å². The third-order valence-corrected chi connectivity index (χ3v) is 8.02. The van der Waals surface area contributed by atoms with Crippen LogP contribution >= 0.6 is 12.2 Å². The van der Waals surface area contributed by atoms with Gasteiger partial charge >= 0.3 is 0 Å². The van der Waals surface area contributed by atoms with E-state index in [9.17, 15) is 0 Å². The van der Waals surface area contributed by atoms with Crippen molar-refractivity contribution in [3.05, 3.63) is 162 Å². The molecule has 1 saturated heterocycles. The van der Waals surface area contributed by atoms with Crippen LogP contribution in [0.3, 0.4) is 0 Å². The monoisotopic (exact) mass is 551 g/mol. The molecule has 0 radical (unpaired) electrons. The SMILES string of the molecule is Cc1ccc(N2N=C(c3ccccc3)C3(c4ccccc4)N(c4ccccc4)C(=S)N(c4ccc(C)cc4)N23)cc1. The summed E-state index contributed by atoms with van der Waals surface area (Å²) in [7, 11) is 0. The van der Waals surface area contributed by atoms with E-state index < -0.39 is 5.66 Å². The Morgan fingerprint density at radius 3 is 1.66 bits per heavy atom. The predicted octanol–water partition coefficient (Wildman–Crippen LogP) is 7.82. The molecule has 2 aliphatic rings. The lowest BCUT2D eigenvalue weighted by molar-refractivity contribution is 0.195. The Hall–Kier alpha value is -4.78. The molecule has 6 heteroatoms. The number of nitrogens with zero attached hydrogens (tertiary/aromatic N) is 5. The highest BCUT2D eigenvalue weighted by Gasteiger charge is 2.65. The Kier molecular flexibility index (Phi) is 6.15. The number of hydrogen-bond acceptors (Lipinski definition) is 4. The first-order valence-electron chi connectivity index (χ1n) is 13.7. The topological polar surface area (TPSA) is 25.3 Å². The molecular formula is C35H29N5S. The number of hydrogen-bond donors (Lipinski definition) is 0. The molecule has 41 heavy (non-hydrogen) atoms. The number of hydrazone groups is 1. The van der Waals surface area contributed by atoms with Gasteiger partial charge in [0.15, 0.2) is 5.11 Å². The highest BCUT2D eigenvalue weighted by Crippen LogP contribution is 2.52. The second-order valence-electron chi connectivity index (χ2n) is 10.4. The number of aryl methyl sites for hydroxylation is 2. The number of anilines is 3. The van der Waals surface area contributed by atoms with E-state index in [1.54, 1.807) is 0 Å². The zero-order valence-electron chi connectivity index (χ0n) is 22.9. The summed E-state index contributed by atoms with van der Waals surface area (Å²) in [5.41, 5.74) is 7.29. The molecule has 2 heterocycles. The molecule has 0 bridgehead atoms. The number of hydrazine groups is 2. The summed E-state index contributed by atoms with van der Waals surface area (Å²) in [6, 6.07) is 48.3. The molecule has 2 aliphatic heterocycles. The van der Waals surface area contributed by atoms with E-state index in [1.165, 1.54) is 11.1 Å². The summed E-state index contributed by atoms with van der Waals surface area (Å²) in [6.45, 7) is 4.20. The molecule has 0 N–H and O–H groups in total. The van der Waals surface area contributed by atoms with E-state index in [1.807, 2.05) is 23.3 Å². The summed E-state index contributed by atoms with van der Waals surface area (Å²) in [5, 5.41) is 12.4. The highest BCUT2D eigenvalue weighted by atomic mass is 32.1. The Labute approximate surface area is 246 Å². The molecule has 1 unspecified atom stereocenters. The molecular weight excluding hydrogens is 522 g/mol. The van der Waals surface area contributed by atoms with Gasteiger partial charge in [-0.25, -0.2) is 5.01 Å². The third kappa shape index (κ3) is 3.95. The van der Waals surface area contributed by atoms with Crippen molar-refractivity contribution >= 4 is 40.1 Å². The van der Waals surface area contributed by atoms with Crippen molar-refractivity contribution in [1.82, 2.24) is 5.12 Å². The second kappa shape index (κ2) is 10.0. The van der Waals surface area contributed by atoms with Gasteiger partial charge in [-0.15, -0.1) is 0 Å². The highest BCUT2D eigenvalue weighted by molar-refractivity contribution is 7.80. The third-order valence-electron chi connectivity index (χ3n) is 7.66. The average molecular weight is 552 g/mol. The number of benzene rings is 5. The van der Waals surface area contributed by atoms with Crippen LogP contribution in [0.1, 0.15) is 22.3 Å². The van der Waals surface area contributed by atoms with Crippen molar-refractivity contribution < 1.29 is 0 Å². The van der Waals surface area contributed by atoms with Crippen LogP contribution in [0.25, 0.3) is 0 Å². The molecule has 0 aliphatic carbocycles. The number of para-hydroxylation sites is 1. The van der Waals surface area contributed by atoms with Crippen molar-refractivity contribution in [2.75, 3.05) is 15.0 Å². The van der Waals surface area contributed by atoms with Crippen molar-refractivity contribution in [3.63, 3.8) is 0 Å². The lowest BCUT2D eigenvalue weighted by Crippen LogP contribution is -2.58. The molecule has 0 saturated carbocycles. The number of thiocarbonyl (C=S) groups is 1. The summed E-state index contributed by atoms with van der Waals surface area (Å²) in [6.07, 6.45) is 0. The summed E-state index contributed by atoms with van der Waals surface area (Å²) in [5.74, 6) is 0. The van der Waals surface area contributed by atoms with E-state index in [-0.39, 0.29) is 0 Å². The minimum absolute atomic E-state index is 0.657. The second-order valence-corrected chi connectivity index (χ2v) is 10.7. The quantitative estimate of drug-likeness (QED) is 0.207. The minimum Gasteiger partial charge on any atom is -0.285 e. The van der Waals surface area contributed by atoms with Crippen LogP contribution in [-0.4, -0.2) is 15.9 Å². The summed E-state index contributed by atoms with van der Waals surface area (Å²) >= 11 is 6.44. The van der Waals surface area contributed by atoms with Crippen LogP contribution in [0.5, 0.6) is 0 Å². The lowest BCUT2D eigenvalue weighted by atomic mass is 9.88. The maximum atomic E-state index is 6.44. The molecule has 5 aromatic rings. The maximum Gasteiger partial charge on any atom is 0.211 e. The molecule has 1 fully saturated rings. The van der Waals surface area contributed by atoms with Crippen LogP contribution in [0.4, 0.5) is 17.1 Å². The van der Waals surface area contributed by atoms with Crippen LogP contribution in [0, 0.1) is 13.8 Å². The van der Waals surface area contributed by atoms with E-state index in [0.29, 0.717) is 5.11 Å². The van der Waals surface area contributed by atoms with Gasteiger partial charge in [0, 0.05) is 16.8 Å². The summed E-state index contributed by atoms with van der Waals surface area (Å²) < 4.78 is 0. The zero-order valence-corrected chi connectivity index (χ0v) is 23.7. The first-order chi connectivity index (χ1) is 20.1. The van der Waals surface area contributed by atoms with Crippen LogP contribution in [0.2, 0.25) is 0 Å². The smallest absolute Gasteiger partial charge is 0.211 e. The Morgan fingerprint density at radius 1 is 0.561 bits per heavy atom. The van der Waals surface area contributed by atoms with E-state index >= 15 is 0 Å². The Balaban J connectivity index is 1.59. The van der Waals surface area contributed by atoms with Crippen LogP contribution in [0.15, 0.2) is 145 Å². The van der Waals surface area contributed by atoms with E-state index in [2.05, 4.69) is 150 Å². The number of rotatable bonds is 5. The van der Waals surface area contributed by atoms with Crippen molar-refractivity contribution in [1.29, 1.82) is 0 Å². The fourth-order valence-electron chi connectivity index (χ4n) is 5.71. The number of fused-ring (bicyclic) bond motifs is 1. The van der Waals surface area contributed by atoms with Gasteiger partial charge in [-0.3, -0.25) is 4.90 Å². The van der Waals surface area contributed by atoms with E-state index in [4.69, 9.17) is 17.3 Å². The molecule has 5 nitrogen and oxygen atoms in total. The first-order valence-corrected chi connectivity index (χ1v) is 14.1. The minimum atomic E-state index is -0.920. The molecule has 1 atom stereocenters. The van der Waals surface area contributed by atoms with E-state index in [0.717, 1.165) is 33.9 Å². The first kappa shape index (κ1) is 25.2. The fraction of sp³-hybridized carbons (Fsp3) is 0.0857. The largest absolute Gasteiger partial charge is 0.285 e. The predicted molar refractivity (Wildman–Crippen MR) is 172 cm³/mol. The lowest BCUT2D eigenvalue weighted by Gasteiger charge is -2.41. The van der Waals surface area contributed by atoms with Gasteiger partial charge in [-0.1, -0.05) is 119 Å². The normalized spacial score (nSPS) is 18.5. The molecule has 0 amide bonds. The summed E-state index contributed by atoms with van der Waals surface area (Å²) in [4.78, 5) is 2.25. The van der Waals surface area contributed by atoms with Crippen molar-refractivity contribution in [2.24, 2.45) is 5.10 Å². The molecule has 7 rings (SSSR count). The zero-order chi connectivity index (χ0) is 28.0. The van der Waals surface area contributed by atoms with Gasteiger partial charge in [0.1, 0.15) is 5.71 Å². The van der Waals surface area contributed by atoms with Gasteiger partial charge in [0.25, 0.3) is 0 Å². The molecule has 200 valence electrons. The maximum absolute atomic E-state index is 6.44. The van der Waals surface area contributed by atoms with Crippen LogP contribution < -0.4 is 15.0 Å². The van der Waals surface area contributed by atoms with Gasteiger partial charge < -0.3 is 0 Å².